The van der Waals surface area contributed by atoms with Crippen LogP contribution in [0, 0.1) is 0 Å². The number of rotatable bonds is 3. The Kier molecular flexibility index (Phi) is 5.17. The van der Waals surface area contributed by atoms with Crippen molar-refractivity contribution >= 4 is 21.6 Å². The zero-order valence-electron chi connectivity index (χ0n) is 18.7. The summed E-state index contributed by atoms with van der Waals surface area (Å²) in [6, 6.07) is 25.7. The molecule has 1 atom stereocenters. The Balaban J connectivity index is 1.38. The maximum Gasteiger partial charge on any atom is 0.198 e. The van der Waals surface area contributed by atoms with E-state index in [2.05, 4.69) is 87.7 Å². The van der Waals surface area contributed by atoms with E-state index in [-0.39, 0.29) is 6.04 Å². The van der Waals surface area contributed by atoms with Gasteiger partial charge in [0.05, 0.1) is 18.9 Å². The smallest absolute Gasteiger partial charge is 0.198 e. The van der Waals surface area contributed by atoms with Crippen molar-refractivity contribution < 1.29 is 9.47 Å². The van der Waals surface area contributed by atoms with Gasteiger partial charge in [0, 0.05) is 29.3 Å². The molecule has 3 aliphatic rings. The lowest BCUT2D eigenvalue weighted by Gasteiger charge is -2.50. The molecule has 1 spiro atoms. The Hall–Kier alpha value is -2.79. The maximum atomic E-state index is 6.87. The minimum absolute atomic E-state index is 0.163. The van der Waals surface area contributed by atoms with Crippen LogP contribution in [0.2, 0.25) is 0 Å². The van der Waals surface area contributed by atoms with Gasteiger partial charge in [-0.1, -0.05) is 70.5 Å². The van der Waals surface area contributed by atoms with Crippen LogP contribution in [0.1, 0.15) is 60.8 Å². The molecule has 0 unspecified atom stereocenters. The van der Waals surface area contributed by atoms with Crippen LogP contribution in [0.5, 0.6) is 11.5 Å². The fourth-order valence-corrected chi connectivity index (χ4v) is 5.97. The van der Waals surface area contributed by atoms with Gasteiger partial charge in [0.15, 0.2) is 17.2 Å². The second-order valence-corrected chi connectivity index (χ2v) is 10.1. The maximum absolute atomic E-state index is 6.87. The second kappa shape index (κ2) is 8.21. The van der Waals surface area contributed by atoms with Gasteiger partial charge in [-0.15, -0.1) is 0 Å². The van der Waals surface area contributed by atoms with E-state index in [4.69, 9.17) is 14.6 Å². The highest BCUT2D eigenvalue weighted by Crippen LogP contribution is 2.55. The summed E-state index contributed by atoms with van der Waals surface area (Å²) < 4.78 is 13.7. The van der Waals surface area contributed by atoms with Gasteiger partial charge in [0.25, 0.3) is 0 Å². The van der Waals surface area contributed by atoms with Gasteiger partial charge in [-0.05, 0) is 48.1 Å². The monoisotopic (exact) mass is 502 g/mol. The number of hydrogen-bond acceptors (Lipinski definition) is 4. The van der Waals surface area contributed by atoms with Crippen LogP contribution in [0.3, 0.4) is 0 Å². The van der Waals surface area contributed by atoms with Crippen LogP contribution in [0.15, 0.2) is 82.4 Å². The van der Waals surface area contributed by atoms with E-state index >= 15 is 0 Å². The van der Waals surface area contributed by atoms with Crippen molar-refractivity contribution in [1.29, 1.82) is 0 Å². The molecule has 0 aromatic heterocycles. The third kappa shape index (κ3) is 3.54. The molecule has 1 fully saturated rings. The van der Waals surface area contributed by atoms with Crippen molar-refractivity contribution in [3.8, 4) is 11.5 Å². The summed E-state index contributed by atoms with van der Waals surface area (Å²) in [6.45, 7) is 0. The van der Waals surface area contributed by atoms with Crippen molar-refractivity contribution in [2.45, 2.75) is 49.8 Å². The molecule has 1 saturated carbocycles. The molecule has 33 heavy (non-hydrogen) atoms. The molecule has 6 rings (SSSR count). The van der Waals surface area contributed by atoms with E-state index in [0.717, 1.165) is 53.8 Å². The third-order valence-corrected chi connectivity index (χ3v) is 7.95. The Labute approximate surface area is 203 Å². The summed E-state index contributed by atoms with van der Waals surface area (Å²) in [6.07, 6.45) is 4.92. The van der Waals surface area contributed by atoms with Crippen LogP contribution in [0.25, 0.3) is 0 Å². The molecule has 168 valence electrons. The molecule has 3 aromatic carbocycles. The van der Waals surface area contributed by atoms with E-state index in [9.17, 15) is 0 Å². The molecule has 3 aromatic rings. The number of nitrogens with zero attached hydrogens (tertiary/aromatic N) is 2. The molecular weight excluding hydrogens is 476 g/mol. The number of methoxy groups -OCH3 is 1. The lowest BCUT2D eigenvalue weighted by molar-refractivity contribution is -0.143. The van der Waals surface area contributed by atoms with Crippen LogP contribution in [0.4, 0.5) is 0 Å². The molecule has 0 amide bonds. The first-order chi connectivity index (χ1) is 16.2. The lowest BCUT2D eigenvalue weighted by Crippen LogP contribution is -2.55. The first kappa shape index (κ1) is 20.8. The molecule has 2 heterocycles. The highest BCUT2D eigenvalue weighted by molar-refractivity contribution is 9.10. The normalized spacial score (nSPS) is 25.8. The van der Waals surface area contributed by atoms with Crippen molar-refractivity contribution in [1.82, 2.24) is 5.01 Å². The highest BCUT2D eigenvalue weighted by Gasteiger charge is 2.52. The van der Waals surface area contributed by atoms with Gasteiger partial charge in [-0.3, -0.25) is 0 Å². The quantitative estimate of drug-likeness (QED) is 0.384. The molecule has 5 heteroatoms. The van der Waals surface area contributed by atoms with Crippen LogP contribution in [-0.4, -0.2) is 23.6 Å². The number of halogens is 1. The number of hydrogen-bond donors (Lipinski definition) is 0. The molecule has 1 aliphatic carbocycles. The number of fused-ring (bicyclic) bond motifs is 4. The summed E-state index contributed by atoms with van der Waals surface area (Å²) in [5.74, 6) is 2.27. The standard InChI is InChI=1S/C28H27BrN2O2/c1-32-26-9-5-8-23-25-18-24(21-10-12-22(29)13-11-21)30-31(25)28(33-27(23)26)16-14-20(15-17-28)19-6-3-2-4-7-19/h2-13,20,25H,14-18H2,1H3/t20?,25-,28?/m1/s1. The summed E-state index contributed by atoms with van der Waals surface area (Å²) in [5, 5.41) is 7.49. The predicted octanol–water partition coefficient (Wildman–Crippen LogP) is 7.06. The van der Waals surface area contributed by atoms with Crippen molar-refractivity contribution in [2.24, 2.45) is 5.10 Å². The zero-order valence-corrected chi connectivity index (χ0v) is 20.3. The van der Waals surface area contributed by atoms with E-state index in [1.807, 2.05) is 6.07 Å². The number of ether oxygens (including phenoxy) is 2. The second-order valence-electron chi connectivity index (χ2n) is 9.23. The van der Waals surface area contributed by atoms with Gasteiger partial charge < -0.3 is 9.47 Å². The predicted molar refractivity (Wildman–Crippen MR) is 134 cm³/mol. The van der Waals surface area contributed by atoms with Gasteiger partial charge in [0.2, 0.25) is 0 Å². The Morgan fingerprint density at radius 1 is 0.970 bits per heavy atom. The summed E-state index contributed by atoms with van der Waals surface area (Å²) in [7, 11) is 1.72. The zero-order chi connectivity index (χ0) is 22.4. The van der Waals surface area contributed by atoms with E-state index in [1.54, 1.807) is 7.11 Å². The number of benzene rings is 3. The molecule has 0 saturated heterocycles. The fourth-order valence-electron chi connectivity index (χ4n) is 5.71. The summed E-state index contributed by atoms with van der Waals surface area (Å²) >= 11 is 3.55. The van der Waals surface area contributed by atoms with Gasteiger partial charge in [-0.25, -0.2) is 5.01 Å². The minimum Gasteiger partial charge on any atom is -0.493 e. The van der Waals surface area contributed by atoms with Crippen LogP contribution < -0.4 is 9.47 Å². The lowest BCUT2D eigenvalue weighted by atomic mass is 9.78. The Bertz CT molecular complexity index is 1180. The molecule has 0 radical (unpaired) electrons. The van der Waals surface area contributed by atoms with Crippen molar-refractivity contribution in [3.63, 3.8) is 0 Å². The SMILES string of the molecule is COc1cccc2c1OC1(CCC(c3ccccc3)CC1)N1N=C(c3ccc(Br)cc3)C[C@H]21. The summed E-state index contributed by atoms with van der Waals surface area (Å²) in [4.78, 5) is 0. The summed E-state index contributed by atoms with van der Waals surface area (Å²) in [5.41, 5.74) is 4.45. The Morgan fingerprint density at radius 2 is 1.73 bits per heavy atom. The van der Waals surface area contributed by atoms with E-state index in [0.29, 0.717) is 5.92 Å². The Morgan fingerprint density at radius 3 is 2.45 bits per heavy atom. The first-order valence-corrected chi connectivity index (χ1v) is 12.5. The van der Waals surface area contributed by atoms with E-state index < -0.39 is 5.72 Å². The minimum atomic E-state index is -0.436. The van der Waals surface area contributed by atoms with Crippen LogP contribution >= 0.6 is 15.9 Å². The fraction of sp³-hybridized carbons (Fsp3) is 0.321. The average Bonchev–Trinajstić information content (AvgIpc) is 3.32. The molecule has 0 bridgehead atoms. The molecule has 2 aliphatic heterocycles. The average molecular weight is 503 g/mol. The van der Waals surface area contributed by atoms with Crippen LogP contribution in [-0.2, 0) is 0 Å². The van der Waals surface area contributed by atoms with Gasteiger partial charge in [-0.2, -0.15) is 5.10 Å². The van der Waals surface area contributed by atoms with Crippen molar-refractivity contribution in [3.05, 3.63) is 94.0 Å². The first-order valence-electron chi connectivity index (χ1n) is 11.7. The molecular formula is C28H27BrN2O2. The van der Waals surface area contributed by atoms with Gasteiger partial charge in [0.1, 0.15) is 0 Å². The third-order valence-electron chi connectivity index (χ3n) is 7.42. The topological polar surface area (TPSA) is 34.1 Å². The molecule has 0 N–H and O–H groups in total. The largest absolute Gasteiger partial charge is 0.493 e. The number of para-hydroxylation sites is 1. The van der Waals surface area contributed by atoms with E-state index in [1.165, 1.54) is 16.7 Å². The van der Waals surface area contributed by atoms with Gasteiger partial charge >= 0.3 is 0 Å². The molecule has 4 nitrogen and oxygen atoms in total. The van der Waals surface area contributed by atoms with Crippen molar-refractivity contribution in [2.75, 3.05) is 7.11 Å². The number of hydrazone groups is 1. The highest BCUT2D eigenvalue weighted by atomic mass is 79.9.